The summed E-state index contributed by atoms with van der Waals surface area (Å²) in [6.45, 7) is 89.0. The van der Waals surface area contributed by atoms with Crippen molar-refractivity contribution in [2.24, 2.45) is 29.6 Å². The smallest absolute Gasteiger partial charge is 0.227 e. The Hall–Kier alpha value is -1.09. The number of hydrogen-bond acceptors (Lipinski definition) is 15. The van der Waals surface area contributed by atoms with Gasteiger partial charge in [-0.1, -0.05) is 37.1 Å². The minimum atomic E-state index is 0. The van der Waals surface area contributed by atoms with Crippen LogP contribution in [0.15, 0.2) is 0 Å². The van der Waals surface area contributed by atoms with Crippen molar-refractivity contribution in [2.45, 2.75) is 319 Å². The molecule has 16 nitrogen and oxygen atoms in total. The molecule has 0 radical (unpaired) electrons. The summed E-state index contributed by atoms with van der Waals surface area (Å²) in [5.41, 5.74) is 0.272. The molecule has 1 N–H and O–H groups in total. The number of carbonyl (C=O) groups is 1. The van der Waals surface area contributed by atoms with E-state index in [4.69, 9.17) is 0 Å². The predicted octanol–water partition coefficient (Wildman–Crippen LogP) is 13.4. The highest BCUT2D eigenvalue weighted by Gasteiger charge is 2.39. The highest BCUT2D eigenvalue weighted by Crippen LogP contribution is 2.31. The maximum atomic E-state index is 12.5. The van der Waals surface area contributed by atoms with E-state index >= 15 is 0 Å². The lowest BCUT2D eigenvalue weighted by Gasteiger charge is -2.41. The molecule has 10 heterocycles. The number of amides is 1. The van der Waals surface area contributed by atoms with Crippen LogP contribution in [-0.2, 0) is 4.79 Å². The van der Waals surface area contributed by atoms with E-state index in [9.17, 15) is 4.79 Å². The Morgan fingerprint density at radius 3 is 0.842 bits per heavy atom. The molecule has 0 spiro atoms. The normalized spacial score (nSPS) is 25.4. The summed E-state index contributed by atoms with van der Waals surface area (Å²) in [5.74, 6) is 4.24. The fourth-order valence-electron chi connectivity index (χ4n) is 17.5. The van der Waals surface area contributed by atoms with Crippen LogP contribution in [0.25, 0.3) is 0 Å². The molecule has 3 atom stereocenters. The molecule has 1 amide bonds. The third-order valence-corrected chi connectivity index (χ3v) is 25.2. The number of piperazine rings is 4. The molecule has 3 unspecified atom stereocenters. The SMILES string of the molecule is C.C.C.C.C.CC(C)N1CCC(CN2CCN(C(C)C)CC2)CC1.CC(C)N1CCC(CN2CCN(C(C)C)CC2)CC1.CC(C)N1CCC(NC(C)(C)C2CCN(C(C)C)C2)CC1.CC(C)N1CCN(C(=O)C2CCN(C(C)C)C2)CC1.CC(C)N1CCN(CC2CCN(C(C)C)C2)CC1. The molecule has 10 aliphatic heterocycles. The van der Waals surface area contributed by atoms with E-state index in [1.54, 1.807) is 0 Å². The molecule has 0 aromatic heterocycles. The van der Waals surface area contributed by atoms with E-state index in [0.29, 0.717) is 36.1 Å². The van der Waals surface area contributed by atoms with Crippen molar-refractivity contribution < 1.29 is 4.79 Å². The highest BCUT2D eigenvalue weighted by atomic mass is 16.2. The first-order chi connectivity index (χ1) is 45.5. The highest BCUT2D eigenvalue weighted by molar-refractivity contribution is 5.79. The minimum absolute atomic E-state index is 0. The Labute approximate surface area is 633 Å². The van der Waals surface area contributed by atoms with Crippen LogP contribution >= 0.6 is 0 Å². The van der Waals surface area contributed by atoms with Crippen LogP contribution in [0.5, 0.6) is 0 Å². The maximum absolute atomic E-state index is 12.5. The number of likely N-dealkylation sites (tertiary alicyclic amines) is 6. The van der Waals surface area contributed by atoms with E-state index in [1.807, 2.05) is 0 Å². The second-order valence-corrected chi connectivity index (χ2v) is 35.6. The van der Waals surface area contributed by atoms with Gasteiger partial charge in [-0.25, -0.2) is 0 Å². The van der Waals surface area contributed by atoms with E-state index in [1.165, 1.54) is 215 Å². The van der Waals surface area contributed by atoms with E-state index in [2.05, 4.69) is 226 Å². The molecule has 0 saturated carbocycles. The van der Waals surface area contributed by atoms with Gasteiger partial charge in [-0.3, -0.25) is 24.4 Å². The van der Waals surface area contributed by atoms with Gasteiger partial charge < -0.3 is 54.3 Å². The Morgan fingerprint density at radius 1 is 0.287 bits per heavy atom. The first-order valence-corrected chi connectivity index (χ1v) is 41.1. The number of nitrogens with one attached hydrogen (secondary N) is 1. The zero-order chi connectivity index (χ0) is 70.4. The van der Waals surface area contributed by atoms with Crippen LogP contribution < -0.4 is 5.32 Å². The molecule has 0 aromatic carbocycles. The van der Waals surface area contributed by atoms with Gasteiger partial charge in [0.05, 0.1) is 5.92 Å². The zero-order valence-electron chi connectivity index (χ0n) is 67.7. The minimum Gasteiger partial charge on any atom is -0.340 e. The molecule has 10 aliphatic rings. The number of piperidine rings is 3. The Balaban J connectivity index is 0.000000624. The van der Waals surface area contributed by atoms with Crippen LogP contribution in [0.3, 0.4) is 0 Å². The van der Waals surface area contributed by atoms with Gasteiger partial charge in [0.25, 0.3) is 0 Å². The Kier molecular flexibility index (Phi) is 47.6. The summed E-state index contributed by atoms with van der Waals surface area (Å²) in [6.07, 6.45) is 12.0. The summed E-state index contributed by atoms with van der Waals surface area (Å²) in [7, 11) is 0. The fraction of sp³-hybridized carbons (Fsp3) is 0.988. The van der Waals surface area contributed by atoms with E-state index < -0.39 is 0 Å². The lowest BCUT2D eigenvalue weighted by Crippen LogP contribution is -2.55. The molecule has 10 rings (SSSR count). The number of hydrogen-bond donors (Lipinski definition) is 1. The van der Waals surface area contributed by atoms with Crippen molar-refractivity contribution in [2.75, 3.05) is 203 Å². The van der Waals surface area contributed by atoms with Gasteiger partial charge in [-0.05, 0) is 293 Å². The van der Waals surface area contributed by atoms with Crippen molar-refractivity contribution in [3.05, 3.63) is 0 Å². The molecule has 101 heavy (non-hydrogen) atoms. The average molecular weight is 1430 g/mol. The summed E-state index contributed by atoms with van der Waals surface area (Å²) in [5, 5.41) is 4.00. The van der Waals surface area contributed by atoms with Crippen molar-refractivity contribution in [1.29, 1.82) is 0 Å². The Bertz CT molecular complexity index is 1930. The quantitative estimate of drug-likeness (QED) is 0.126. The van der Waals surface area contributed by atoms with E-state index in [0.717, 1.165) is 106 Å². The molecule has 0 aliphatic carbocycles. The van der Waals surface area contributed by atoms with Gasteiger partial charge in [0.1, 0.15) is 0 Å². The van der Waals surface area contributed by atoms with Crippen molar-refractivity contribution in [3.63, 3.8) is 0 Å². The Morgan fingerprint density at radius 2 is 0.535 bits per heavy atom. The largest absolute Gasteiger partial charge is 0.340 e. The maximum Gasteiger partial charge on any atom is 0.227 e. The topological polar surface area (TPSA) is 74.5 Å². The van der Waals surface area contributed by atoms with Crippen molar-refractivity contribution in [1.82, 2.24) is 73.9 Å². The average Bonchev–Trinajstić information content (AvgIpc) is 1.74. The molecular weight excluding hydrogens is 1250 g/mol. The van der Waals surface area contributed by atoms with Crippen molar-refractivity contribution >= 4 is 5.91 Å². The molecule has 10 saturated heterocycles. The fourth-order valence-corrected chi connectivity index (χ4v) is 17.5. The molecule has 10 fully saturated rings. The van der Waals surface area contributed by atoms with Crippen LogP contribution in [0.4, 0.5) is 0 Å². The third kappa shape index (κ3) is 33.3. The zero-order valence-corrected chi connectivity index (χ0v) is 67.7. The summed E-state index contributed by atoms with van der Waals surface area (Å²) >= 11 is 0. The van der Waals surface area contributed by atoms with Crippen LogP contribution in [-0.4, -0.2) is 349 Å². The van der Waals surface area contributed by atoms with Gasteiger partial charge in [0, 0.05) is 216 Å². The number of carbonyl (C=O) groups excluding carboxylic acids is 1. The van der Waals surface area contributed by atoms with Crippen LogP contribution in [0.2, 0.25) is 0 Å². The number of nitrogens with zero attached hydrogens (tertiary/aromatic N) is 14. The lowest BCUT2D eigenvalue weighted by molar-refractivity contribution is -0.137. The predicted molar refractivity (Wildman–Crippen MR) is 447 cm³/mol. The van der Waals surface area contributed by atoms with Gasteiger partial charge >= 0.3 is 0 Å². The first-order valence-electron chi connectivity index (χ1n) is 41.1. The number of rotatable bonds is 20. The lowest BCUT2D eigenvalue weighted by atomic mass is 9.85. The molecular formula is C85H183N15O. The second-order valence-electron chi connectivity index (χ2n) is 35.6. The summed E-state index contributed by atoms with van der Waals surface area (Å²) in [6, 6.07) is 7.62. The first kappa shape index (κ1) is 97.9. The van der Waals surface area contributed by atoms with Gasteiger partial charge in [0.15, 0.2) is 0 Å². The molecule has 0 bridgehead atoms. The van der Waals surface area contributed by atoms with Gasteiger partial charge in [0.2, 0.25) is 5.91 Å². The second kappa shape index (κ2) is 49.1. The molecule has 0 aromatic rings. The van der Waals surface area contributed by atoms with Gasteiger partial charge in [-0.15, -0.1) is 0 Å². The van der Waals surface area contributed by atoms with E-state index in [-0.39, 0.29) is 48.6 Å². The summed E-state index contributed by atoms with van der Waals surface area (Å²) in [4.78, 5) is 48.6. The van der Waals surface area contributed by atoms with Crippen molar-refractivity contribution in [3.8, 4) is 0 Å². The monoisotopic (exact) mass is 1430 g/mol. The van der Waals surface area contributed by atoms with Crippen LogP contribution in [0.1, 0.15) is 247 Å². The third-order valence-electron chi connectivity index (χ3n) is 25.2. The standard InChI is InChI=1S/C18H37N3.2C16H33N3.C15H29N3O.C15H31N3.5CH4/c1-14(2)20-11-8-17(9-12-20)19-18(5,6)16-7-10-21(13-16)15(3)4;2*1-14(2)18-7-5-16(6-8-18)13-17-9-11-19(12-10-17)15(3)4;1-12(2)16-7-9-17(10-8-16)15(19)14-5-6-18(11-14)13(3)4;1-13(2)17-9-7-16(8-10-17)11-15-5-6-18(12-15)14(3)4;;;;;/h14-17,19H,7-13H2,1-6H3;2*14-16H,5-13H2,1-4H3;12-14H,5-11H2,1-4H3;13-15H,5-12H2,1-4H3;5*1H4. The molecule has 16 heteroatoms. The molecule has 604 valence electrons. The van der Waals surface area contributed by atoms with Gasteiger partial charge in [-0.2, -0.15) is 0 Å². The summed E-state index contributed by atoms with van der Waals surface area (Å²) < 4.78 is 0. The van der Waals surface area contributed by atoms with Crippen LogP contribution in [0, 0.1) is 29.6 Å².